The van der Waals surface area contributed by atoms with Gasteiger partial charge in [-0.05, 0) is 37.1 Å². The second-order valence-corrected chi connectivity index (χ2v) is 6.15. The van der Waals surface area contributed by atoms with E-state index < -0.39 is 0 Å². The van der Waals surface area contributed by atoms with Gasteiger partial charge in [0.05, 0.1) is 6.54 Å². The quantitative estimate of drug-likeness (QED) is 0.320. The molecule has 0 bridgehead atoms. The molecule has 3 aromatic rings. The van der Waals surface area contributed by atoms with Crippen molar-refractivity contribution in [3.63, 3.8) is 0 Å². The Kier molecular flexibility index (Phi) is 7.57. The maximum absolute atomic E-state index is 13.5. The van der Waals surface area contributed by atoms with E-state index in [1.165, 1.54) is 6.07 Å². The molecule has 0 aliphatic carbocycles. The van der Waals surface area contributed by atoms with Gasteiger partial charge in [-0.1, -0.05) is 0 Å². The number of hydrogen-bond acceptors (Lipinski definition) is 3. The summed E-state index contributed by atoms with van der Waals surface area (Å²) in [4.78, 5) is 14.1. The van der Waals surface area contributed by atoms with E-state index in [-0.39, 0.29) is 29.8 Å². The number of H-pyrrole nitrogens is 1. The van der Waals surface area contributed by atoms with E-state index in [4.69, 9.17) is 4.99 Å². The predicted molar refractivity (Wildman–Crippen MR) is 116 cm³/mol. The van der Waals surface area contributed by atoms with E-state index in [9.17, 15) is 4.39 Å². The van der Waals surface area contributed by atoms with Crippen molar-refractivity contribution >= 4 is 40.8 Å². The van der Waals surface area contributed by atoms with Crippen molar-refractivity contribution in [2.75, 3.05) is 20.1 Å². The Labute approximate surface area is 175 Å². The van der Waals surface area contributed by atoms with Gasteiger partial charge in [-0.3, -0.25) is 9.67 Å². The largest absolute Gasteiger partial charge is 0.361 e. The molecule has 0 amide bonds. The van der Waals surface area contributed by atoms with Crippen molar-refractivity contribution in [3.05, 3.63) is 47.9 Å². The molecule has 27 heavy (non-hydrogen) atoms. The summed E-state index contributed by atoms with van der Waals surface area (Å²) in [5, 5.41) is 8.30. The van der Waals surface area contributed by atoms with Crippen LogP contribution >= 0.6 is 24.0 Å². The van der Waals surface area contributed by atoms with Crippen molar-refractivity contribution in [2.24, 2.45) is 12.0 Å². The lowest BCUT2D eigenvalue weighted by Gasteiger charge is -2.21. The van der Waals surface area contributed by atoms with E-state index in [0.29, 0.717) is 13.1 Å². The van der Waals surface area contributed by atoms with Crippen LogP contribution in [0.4, 0.5) is 4.39 Å². The Morgan fingerprint density at radius 3 is 2.93 bits per heavy atom. The highest BCUT2D eigenvalue weighted by Crippen LogP contribution is 2.19. The summed E-state index contributed by atoms with van der Waals surface area (Å²) < 4.78 is 15.2. The van der Waals surface area contributed by atoms with Crippen molar-refractivity contribution in [1.29, 1.82) is 0 Å². The number of aromatic nitrogens is 4. The van der Waals surface area contributed by atoms with Crippen molar-refractivity contribution in [1.82, 2.24) is 30.0 Å². The van der Waals surface area contributed by atoms with Gasteiger partial charge in [0.1, 0.15) is 18.0 Å². The summed E-state index contributed by atoms with van der Waals surface area (Å²) in [6, 6.07) is 4.79. The van der Waals surface area contributed by atoms with Gasteiger partial charge in [-0.25, -0.2) is 9.37 Å². The first-order valence-corrected chi connectivity index (χ1v) is 8.66. The molecule has 146 valence electrons. The van der Waals surface area contributed by atoms with Crippen molar-refractivity contribution in [2.45, 2.75) is 19.9 Å². The maximum atomic E-state index is 13.5. The molecular formula is C18H25FIN7. The molecule has 0 atom stereocenters. The Morgan fingerprint density at radius 1 is 1.41 bits per heavy atom. The van der Waals surface area contributed by atoms with E-state index in [1.54, 1.807) is 23.1 Å². The standard InChI is InChI=1S/C18H24FN7.HI/c1-4-20-18(25(2)11-17-23-12-24-26(17)3)21-8-7-13-10-22-16-6-5-14(19)9-15(13)16;/h5-6,9-10,12,22H,4,7-8,11H2,1-3H3,(H,20,21);1H. The minimum absolute atomic E-state index is 0. The zero-order chi connectivity index (χ0) is 18.5. The number of nitrogens with zero attached hydrogens (tertiary/aromatic N) is 5. The van der Waals surface area contributed by atoms with E-state index in [2.05, 4.69) is 20.4 Å². The molecule has 2 heterocycles. The molecule has 2 N–H and O–H groups in total. The minimum Gasteiger partial charge on any atom is -0.361 e. The summed E-state index contributed by atoms with van der Waals surface area (Å²) in [6.45, 7) is 4.03. The van der Waals surface area contributed by atoms with Gasteiger partial charge in [0.2, 0.25) is 0 Å². The third kappa shape index (κ3) is 5.18. The molecule has 2 aromatic heterocycles. The number of rotatable bonds is 6. The summed E-state index contributed by atoms with van der Waals surface area (Å²) in [5.74, 6) is 1.45. The summed E-state index contributed by atoms with van der Waals surface area (Å²) in [6.07, 6.45) is 4.20. The van der Waals surface area contributed by atoms with Crippen LogP contribution in [0.3, 0.4) is 0 Å². The normalized spacial score (nSPS) is 11.5. The van der Waals surface area contributed by atoms with Crippen LogP contribution in [0.25, 0.3) is 10.9 Å². The van der Waals surface area contributed by atoms with Crippen LogP contribution < -0.4 is 5.32 Å². The second kappa shape index (κ2) is 9.67. The molecular weight excluding hydrogens is 460 g/mol. The minimum atomic E-state index is -0.224. The fraction of sp³-hybridized carbons (Fsp3) is 0.389. The Balaban J connectivity index is 0.00000261. The lowest BCUT2D eigenvalue weighted by molar-refractivity contribution is 0.449. The van der Waals surface area contributed by atoms with Crippen LogP contribution in [0.5, 0.6) is 0 Å². The molecule has 7 nitrogen and oxygen atoms in total. The van der Waals surface area contributed by atoms with E-state index in [1.807, 2.05) is 32.1 Å². The Morgan fingerprint density at radius 2 is 2.22 bits per heavy atom. The molecule has 0 aliphatic rings. The molecule has 3 rings (SSSR count). The first kappa shape index (κ1) is 21.1. The Bertz CT molecular complexity index is 902. The number of nitrogens with one attached hydrogen (secondary N) is 2. The first-order valence-electron chi connectivity index (χ1n) is 8.66. The molecule has 0 fully saturated rings. The van der Waals surface area contributed by atoms with Crippen LogP contribution in [0.15, 0.2) is 35.7 Å². The van der Waals surface area contributed by atoms with Crippen molar-refractivity contribution in [3.8, 4) is 0 Å². The SMILES string of the molecule is CCNC(=NCCc1c[nH]c2ccc(F)cc12)N(C)Cc1ncnn1C.I. The van der Waals surface area contributed by atoms with Crippen molar-refractivity contribution < 1.29 is 4.39 Å². The number of fused-ring (bicyclic) bond motifs is 1. The molecule has 0 aliphatic heterocycles. The highest BCUT2D eigenvalue weighted by Gasteiger charge is 2.10. The van der Waals surface area contributed by atoms with E-state index >= 15 is 0 Å². The van der Waals surface area contributed by atoms with Gasteiger partial charge in [-0.2, -0.15) is 5.10 Å². The van der Waals surface area contributed by atoms with Crippen LogP contribution in [0.2, 0.25) is 0 Å². The molecule has 0 radical (unpaired) electrons. The molecule has 9 heteroatoms. The predicted octanol–water partition coefficient (Wildman–Crippen LogP) is 2.69. The topological polar surface area (TPSA) is 74.1 Å². The number of guanidine groups is 1. The average Bonchev–Trinajstić information content (AvgIpc) is 3.20. The first-order chi connectivity index (χ1) is 12.6. The zero-order valence-corrected chi connectivity index (χ0v) is 18.1. The molecule has 0 spiro atoms. The molecule has 1 aromatic carbocycles. The third-order valence-corrected chi connectivity index (χ3v) is 4.25. The number of benzene rings is 1. The van der Waals surface area contributed by atoms with E-state index in [0.717, 1.165) is 41.2 Å². The van der Waals surface area contributed by atoms with Crippen LogP contribution in [0, 0.1) is 5.82 Å². The van der Waals surface area contributed by atoms with Crippen LogP contribution in [0.1, 0.15) is 18.3 Å². The van der Waals surface area contributed by atoms with Gasteiger partial charge in [-0.15, -0.1) is 24.0 Å². The van der Waals surface area contributed by atoms with Gasteiger partial charge in [0.15, 0.2) is 5.96 Å². The summed E-state index contributed by atoms with van der Waals surface area (Å²) >= 11 is 0. The number of halogens is 2. The Hall–Kier alpha value is -2.17. The lowest BCUT2D eigenvalue weighted by atomic mass is 10.1. The van der Waals surface area contributed by atoms with Gasteiger partial charge < -0.3 is 15.2 Å². The number of aliphatic imine (C=N–C) groups is 1. The fourth-order valence-electron chi connectivity index (χ4n) is 2.86. The maximum Gasteiger partial charge on any atom is 0.194 e. The van der Waals surface area contributed by atoms with Crippen LogP contribution in [-0.4, -0.2) is 50.7 Å². The van der Waals surface area contributed by atoms with Gasteiger partial charge in [0.25, 0.3) is 0 Å². The second-order valence-electron chi connectivity index (χ2n) is 6.15. The number of aryl methyl sites for hydroxylation is 1. The lowest BCUT2D eigenvalue weighted by Crippen LogP contribution is -2.39. The monoisotopic (exact) mass is 485 g/mol. The zero-order valence-electron chi connectivity index (χ0n) is 15.7. The van der Waals surface area contributed by atoms with Gasteiger partial charge >= 0.3 is 0 Å². The third-order valence-electron chi connectivity index (χ3n) is 4.25. The number of hydrogen-bond donors (Lipinski definition) is 2. The molecule has 0 saturated heterocycles. The highest BCUT2D eigenvalue weighted by molar-refractivity contribution is 14.0. The molecule has 0 saturated carbocycles. The summed E-state index contributed by atoms with van der Waals surface area (Å²) in [7, 11) is 3.84. The smallest absolute Gasteiger partial charge is 0.194 e. The summed E-state index contributed by atoms with van der Waals surface area (Å²) in [5.41, 5.74) is 2.01. The highest BCUT2D eigenvalue weighted by atomic mass is 127. The fourth-order valence-corrected chi connectivity index (χ4v) is 2.86. The van der Waals surface area contributed by atoms with Gasteiger partial charge in [0, 0.05) is 44.3 Å². The number of aromatic amines is 1. The molecule has 0 unspecified atom stereocenters. The average molecular weight is 485 g/mol. The van der Waals surface area contributed by atoms with Crippen LogP contribution in [-0.2, 0) is 20.0 Å².